The molecule has 20 heavy (non-hydrogen) atoms. The van der Waals surface area contributed by atoms with Crippen LogP contribution in [0.25, 0.3) is 0 Å². The molecule has 0 aliphatic carbocycles. The Bertz CT molecular complexity index is 596. The van der Waals surface area contributed by atoms with Gasteiger partial charge >= 0.3 is 17.3 Å². The summed E-state index contributed by atoms with van der Waals surface area (Å²) in [5, 5.41) is 21.5. The number of nitro benzene ring substituents is 2. The molecule has 0 aliphatic rings. The number of nitro groups is 2. The summed E-state index contributed by atoms with van der Waals surface area (Å²) in [5.74, 6) is -0.640. The van der Waals surface area contributed by atoms with Gasteiger partial charge in [0.15, 0.2) is 0 Å². The van der Waals surface area contributed by atoms with Crippen molar-refractivity contribution in [1.29, 1.82) is 0 Å². The Labute approximate surface area is 114 Å². The highest BCUT2D eigenvalue weighted by Gasteiger charge is 2.26. The Morgan fingerprint density at radius 3 is 2.25 bits per heavy atom. The smallest absolute Gasteiger partial charge is 0.346 e. The molecule has 0 saturated carbocycles. The van der Waals surface area contributed by atoms with Crippen LogP contribution in [-0.4, -0.2) is 15.8 Å². The summed E-state index contributed by atoms with van der Waals surface area (Å²) in [6.07, 6.45) is -0.779. The average molecular weight is 280 g/mol. The first kappa shape index (κ1) is 15.3. The number of esters is 1. The second-order valence-electron chi connectivity index (χ2n) is 4.09. The topological polar surface area (TPSA) is 113 Å². The van der Waals surface area contributed by atoms with Crippen LogP contribution in [0.3, 0.4) is 0 Å². The van der Waals surface area contributed by atoms with Gasteiger partial charge in [-0.25, -0.2) is 4.79 Å². The van der Waals surface area contributed by atoms with Crippen molar-refractivity contribution >= 4 is 17.3 Å². The van der Waals surface area contributed by atoms with Gasteiger partial charge in [0.2, 0.25) is 0 Å². The van der Waals surface area contributed by atoms with Crippen molar-refractivity contribution in [3.05, 3.63) is 56.1 Å². The van der Waals surface area contributed by atoms with E-state index in [2.05, 4.69) is 6.58 Å². The molecule has 0 bridgehead atoms. The second kappa shape index (κ2) is 5.91. The standard InChI is InChI=1S/C12H12N2O6/c1-7(2)12(15)20-8(3)9-4-5-10(13(16)17)11(6-9)14(18)19/h4-6,8H,1H2,2-3H3. The number of hydrogen-bond donors (Lipinski definition) is 0. The first-order valence-electron chi connectivity index (χ1n) is 5.53. The molecule has 0 aliphatic heterocycles. The van der Waals surface area contributed by atoms with Crippen LogP contribution < -0.4 is 0 Å². The highest BCUT2D eigenvalue weighted by molar-refractivity contribution is 5.87. The largest absolute Gasteiger partial charge is 0.454 e. The number of rotatable bonds is 5. The maximum absolute atomic E-state index is 11.4. The third kappa shape index (κ3) is 3.37. The van der Waals surface area contributed by atoms with Gasteiger partial charge in [-0.2, -0.15) is 0 Å². The summed E-state index contributed by atoms with van der Waals surface area (Å²) >= 11 is 0. The molecule has 0 N–H and O–H groups in total. The lowest BCUT2D eigenvalue weighted by Crippen LogP contribution is -2.09. The average Bonchev–Trinajstić information content (AvgIpc) is 2.37. The van der Waals surface area contributed by atoms with Crippen LogP contribution in [0, 0.1) is 20.2 Å². The Kier molecular flexibility index (Phi) is 4.52. The zero-order valence-corrected chi connectivity index (χ0v) is 10.9. The zero-order valence-electron chi connectivity index (χ0n) is 10.9. The Balaban J connectivity index is 3.12. The van der Waals surface area contributed by atoms with Crippen LogP contribution >= 0.6 is 0 Å². The predicted octanol–water partition coefficient (Wildman–Crippen LogP) is 2.68. The van der Waals surface area contributed by atoms with E-state index in [4.69, 9.17) is 4.74 Å². The summed E-state index contributed by atoms with van der Waals surface area (Å²) in [5.41, 5.74) is -0.784. The van der Waals surface area contributed by atoms with Crippen LogP contribution in [0.2, 0.25) is 0 Å². The third-order valence-electron chi connectivity index (χ3n) is 2.49. The molecule has 0 heterocycles. The van der Waals surface area contributed by atoms with Gasteiger partial charge in [-0.15, -0.1) is 0 Å². The third-order valence-corrected chi connectivity index (χ3v) is 2.49. The number of carbonyl (C=O) groups is 1. The first-order chi connectivity index (χ1) is 9.23. The van der Waals surface area contributed by atoms with E-state index in [0.29, 0.717) is 0 Å². The van der Waals surface area contributed by atoms with Crippen molar-refractivity contribution in [3.63, 3.8) is 0 Å². The SMILES string of the molecule is C=C(C)C(=O)OC(C)c1ccc([N+](=O)[O-])c([N+](=O)[O-])c1. The van der Waals surface area contributed by atoms with Gasteiger partial charge in [0.1, 0.15) is 6.10 Å². The van der Waals surface area contributed by atoms with E-state index in [1.165, 1.54) is 19.9 Å². The van der Waals surface area contributed by atoms with Crippen LogP contribution in [0.4, 0.5) is 11.4 Å². The van der Waals surface area contributed by atoms with Gasteiger partial charge in [-0.1, -0.05) is 6.58 Å². The van der Waals surface area contributed by atoms with E-state index in [9.17, 15) is 25.0 Å². The molecule has 1 aromatic rings. The Morgan fingerprint density at radius 1 is 1.25 bits per heavy atom. The van der Waals surface area contributed by atoms with Gasteiger partial charge in [-0.3, -0.25) is 20.2 Å². The first-order valence-corrected chi connectivity index (χ1v) is 5.53. The molecule has 0 radical (unpaired) electrons. The highest BCUT2D eigenvalue weighted by atomic mass is 16.6. The van der Waals surface area contributed by atoms with Gasteiger partial charge in [-0.05, 0) is 25.5 Å². The molecule has 8 heteroatoms. The fourth-order valence-electron chi connectivity index (χ4n) is 1.42. The number of benzene rings is 1. The van der Waals surface area contributed by atoms with E-state index < -0.39 is 33.3 Å². The second-order valence-corrected chi connectivity index (χ2v) is 4.09. The molecule has 1 rings (SSSR count). The van der Waals surface area contributed by atoms with Crippen LogP contribution in [0.15, 0.2) is 30.4 Å². The van der Waals surface area contributed by atoms with Crippen molar-refractivity contribution in [1.82, 2.24) is 0 Å². The van der Waals surface area contributed by atoms with E-state index >= 15 is 0 Å². The summed E-state index contributed by atoms with van der Waals surface area (Å²) in [7, 11) is 0. The lowest BCUT2D eigenvalue weighted by molar-refractivity contribution is -0.422. The number of nitrogens with zero attached hydrogens (tertiary/aromatic N) is 2. The zero-order chi connectivity index (χ0) is 15.4. The van der Waals surface area contributed by atoms with Gasteiger partial charge in [0, 0.05) is 17.7 Å². The quantitative estimate of drug-likeness (QED) is 0.354. The maximum Gasteiger partial charge on any atom is 0.346 e. The minimum absolute atomic E-state index is 0.188. The fraction of sp³-hybridized carbons (Fsp3) is 0.250. The number of carbonyl (C=O) groups excluding carboxylic acids is 1. The summed E-state index contributed by atoms with van der Waals surface area (Å²) in [4.78, 5) is 31.2. The van der Waals surface area contributed by atoms with Crippen molar-refractivity contribution in [2.24, 2.45) is 0 Å². The van der Waals surface area contributed by atoms with Crippen molar-refractivity contribution in [3.8, 4) is 0 Å². The van der Waals surface area contributed by atoms with Gasteiger partial charge in [0.25, 0.3) is 0 Å². The van der Waals surface area contributed by atoms with Crippen molar-refractivity contribution in [2.75, 3.05) is 0 Å². The summed E-state index contributed by atoms with van der Waals surface area (Å²) in [6.45, 7) is 6.38. The Morgan fingerprint density at radius 2 is 1.80 bits per heavy atom. The molecule has 0 saturated heterocycles. The minimum atomic E-state index is -0.852. The minimum Gasteiger partial charge on any atom is -0.454 e. The fourth-order valence-corrected chi connectivity index (χ4v) is 1.42. The van der Waals surface area contributed by atoms with E-state index in [0.717, 1.165) is 12.1 Å². The lowest BCUT2D eigenvalue weighted by atomic mass is 10.1. The molecular formula is C12H12N2O6. The highest BCUT2D eigenvalue weighted by Crippen LogP contribution is 2.30. The number of hydrogen-bond acceptors (Lipinski definition) is 6. The molecule has 0 aromatic heterocycles. The van der Waals surface area contributed by atoms with E-state index in [1.807, 2.05) is 0 Å². The molecule has 1 unspecified atom stereocenters. The summed E-state index contributed by atoms with van der Waals surface area (Å²) in [6, 6.07) is 3.34. The van der Waals surface area contributed by atoms with Crippen LogP contribution in [0.5, 0.6) is 0 Å². The lowest BCUT2D eigenvalue weighted by Gasteiger charge is -2.13. The predicted molar refractivity (Wildman–Crippen MR) is 69.1 cm³/mol. The van der Waals surface area contributed by atoms with Crippen molar-refractivity contribution < 1.29 is 19.4 Å². The number of ether oxygens (including phenoxy) is 1. The van der Waals surface area contributed by atoms with Gasteiger partial charge < -0.3 is 4.74 Å². The molecule has 0 spiro atoms. The molecule has 0 fully saturated rings. The molecule has 106 valence electrons. The monoisotopic (exact) mass is 280 g/mol. The van der Waals surface area contributed by atoms with Crippen LogP contribution in [-0.2, 0) is 9.53 Å². The molecule has 8 nitrogen and oxygen atoms in total. The van der Waals surface area contributed by atoms with E-state index in [1.54, 1.807) is 0 Å². The van der Waals surface area contributed by atoms with Crippen LogP contribution in [0.1, 0.15) is 25.5 Å². The molecule has 1 atom stereocenters. The Hall–Kier alpha value is -2.77. The van der Waals surface area contributed by atoms with Gasteiger partial charge in [0.05, 0.1) is 9.85 Å². The summed E-state index contributed by atoms with van der Waals surface area (Å²) < 4.78 is 5.00. The van der Waals surface area contributed by atoms with Crippen molar-refractivity contribution in [2.45, 2.75) is 20.0 Å². The molecule has 0 amide bonds. The maximum atomic E-state index is 11.4. The molecule has 1 aromatic carbocycles. The molecular weight excluding hydrogens is 268 g/mol. The van der Waals surface area contributed by atoms with E-state index in [-0.39, 0.29) is 11.1 Å². The normalized spacial score (nSPS) is 11.5.